The van der Waals surface area contributed by atoms with Gasteiger partial charge in [-0.05, 0) is 29.5 Å². The molecule has 3 heteroatoms. The maximum atomic E-state index is 5.82. The molecule has 1 rings (SSSR count). The molecule has 0 heterocycles. The lowest BCUT2D eigenvalue weighted by Crippen LogP contribution is -2.09. The van der Waals surface area contributed by atoms with Gasteiger partial charge in [-0.3, -0.25) is 0 Å². The molecule has 0 aliphatic heterocycles. The van der Waals surface area contributed by atoms with E-state index >= 15 is 0 Å². The van der Waals surface area contributed by atoms with Crippen LogP contribution in [0.5, 0.6) is 5.75 Å². The Kier molecular flexibility index (Phi) is 4.82. The van der Waals surface area contributed by atoms with E-state index in [4.69, 9.17) is 15.2 Å². The number of hydrogen-bond acceptors (Lipinski definition) is 3. The third-order valence-corrected chi connectivity index (χ3v) is 2.56. The first kappa shape index (κ1) is 13.8. The summed E-state index contributed by atoms with van der Waals surface area (Å²) >= 11 is 0. The van der Waals surface area contributed by atoms with E-state index in [-0.39, 0.29) is 0 Å². The van der Waals surface area contributed by atoms with Crippen molar-refractivity contribution >= 4 is 5.69 Å². The van der Waals surface area contributed by atoms with Crippen molar-refractivity contribution in [2.75, 3.05) is 19.5 Å². The van der Waals surface area contributed by atoms with Gasteiger partial charge in [0.15, 0.2) is 0 Å². The molecule has 1 aromatic rings. The topological polar surface area (TPSA) is 44.5 Å². The first-order chi connectivity index (χ1) is 7.92. The Labute approximate surface area is 104 Å². The second-order valence-electron chi connectivity index (χ2n) is 5.44. The van der Waals surface area contributed by atoms with Gasteiger partial charge in [-0.2, -0.15) is 0 Å². The van der Waals surface area contributed by atoms with Crippen molar-refractivity contribution in [2.24, 2.45) is 5.41 Å². The van der Waals surface area contributed by atoms with E-state index in [1.165, 1.54) is 0 Å². The summed E-state index contributed by atoms with van der Waals surface area (Å²) in [5.74, 6) is 0.712. The second-order valence-corrected chi connectivity index (χ2v) is 5.44. The van der Waals surface area contributed by atoms with Crippen LogP contribution in [0.4, 0.5) is 5.69 Å². The van der Waals surface area contributed by atoms with Crippen molar-refractivity contribution in [3.05, 3.63) is 23.8 Å². The van der Waals surface area contributed by atoms with Crippen molar-refractivity contribution in [1.29, 1.82) is 0 Å². The number of rotatable bonds is 5. The highest BCUT2D eigenvalue weighted by Crippen LogP contribution is 2.23. The van der Waals surface area contributed by atoms with Gasteiger partial charge in [0.25, 0.3) is 0 Å². The van der Waals surface area contributed by atoms with Crippen LogP contribution >= 0.6 is 0 Å². The van der Waals surface area contributed by atoms with E-state index in [1.54, 1.807) is 7.11 Å². The molecule has 3 nitrogen and oxygen atoms in total. The van der Waals surface area contributed by atoms with Crippen LogP contribution in [0.1, 0.15) is 32.8 Å². The quantitative estimate of drug-likeness (QED) is 0.631. The fourth-order valence-electron chi connectivity index (χ4n) is 1.44. The Morgan fingerprint density at radius 1 is 1.24 bits per heavy atom. The third kappa shape index (κ3) is 5.09. The van der Waals surface area contributed by atoms with Gasteiger partial charge in [-0.1, -0.05) is 26.8 Å². The average Bonchev–Trinajstić information content (AvgIpc) is 2.23. The van der Waals surface area contributed by atoms with Crippen LogP contribution in [-0.4, -0.2) is 13.7 Å². The average molecular weight is 237 g/mol. The molecule has 0 bridgehead atoms. The molecule has 0 amide bonds. The van der Waals surface area contributed by atoms with Crippen molar-refractivity contribution in [3.8, 4) is 5.75 Å². The Hall–Kier alpha value is -1.22. The van der Waals surface area contributed by atoms with Crippen LogP contribution < -0.4 is 10.5 Å². The van der Waals surface area contributed by atoms with E-state index in [1.807, 2.05) is 18.2 Å². The minimum atomic E-state index is 0.318. The molecule has 0 atom stereocenters. The maximum absolute atomic E-state index is 5.82. The van der Waals surface area contributed by atoms with Crippen LogP contribution in [0.25, 0.3) is 0 Å². The fourth-order valence-corrected chi connectivity index (χ4v) is 1.44. The van der Waals surface area contributed by atoms with Gasteiger partial charge in [0, 0.05) is 6.61 Å². The zero-order valence-corrected chi connectivity index (χ0v) is 11.2. The summed E-state index contributed by atoms with van der Waals surface area (Å²) in [5.41, 5.74) is 7.88. The molecule has 0 aliphatic rings. The monoisotopic (exact) mass is 237 g/mol. The predicted octanol–water partition coefficient (Wildman–Crippen LogP) is 3.23. The minimum Gasteiger partial charge on any atom is -0.495 e. The lowest BCUT2D eigenvalue weighted by molar-refractivity contribution is 0.0962. The lowest BCUT2D eigenvalue weighted by Gasteiger charge is -2.17. The molecule has 0 unspecified atom stereocenters. The van der Waals surface area contributed by atoms with Gasteiger partial charge < -0.3 is 15.2 Å². The standard InChI is InChI=1S/C14H23NO2/c1-14(2,3)7-8-17-10-11-5-6-13(16-4)12(15)9-11/h5-6,9H,7-8,10,15H2,1-4H3. The van der Waals surface area contributed by atoms with Gasteiger partial charge in [-0.25, -0.2) is 0 Å². The zero-order valence-electron chi connectivity index (χ0n) is 11.2. The van der Waals surface area contributed by atoms with Crippen molar-refractivity contribution in [1.82, 2.24) is 0 Å². The third-order valence-electron chi connectivity index (χ3n) is 2.56. The number of ether oxygens (including phenoxy) is 2. The molecule has 0 radical (unpaired) electrons. The number of nitrogens with two attached hydrogens (primary N) is 1. The van der Waals surface area contributed by atoms with Crippen molar-refractivity contribution in [2.45, 2.75) is 33.8 Å². The molecule has 0 spiro atoms. The van der Waals surface area contributed by atoms with E-state index < -0.39 is 0 Å². The van der Waals surface area contributed by atoms with Crippen LogP contribution in [0.3, 0.4) is 0 Å². The largest absolute Gasteiger partial charge is 0.495 e. The summed E-state index contributed by atoms with van der Waals surface area (Å²) in [7, 11) is 1.62. The van der Waals surface area contributed by atoms with Crippen molar-refractivity contribution < 1.29 is 9.47 Å². The molecule has 2 N–H and O–H groups in total. The highest BCUT2D eigenvalue weighted by molar-refractivity contribution is 5.54. The summed E-state index contributed by atoms with van der Waals surface area (Å²) in [4.78, 5) is 0. The van der Waals surface area contributed by atoms with Gasteiger partial charge >= 0.3 is 0 Å². The molecule has 0 aromatic heterocycles. The smallest absolute Gasteiger partial charge is 0.141 e. The van der Waals surface area contributed by atoms with E-state index in [2.05, 4.69) is 20.8 Å². The normalized spacial score (nSPS) is 11.5. The summed E-state index contributed by atoms with van der Waals surface area (Å²) < 4.78 is 10.7. The van der Waals surface area contributed by atoms with Gasteiger partial charge in [0.2, 0.25) is 0 Å². The molecule has 0 saturated heterocycles. The molecular formula is C14H23NO2. The van der Waals surface area contributed by atoms with E-state index in [0.29, 0.717) is 23.5 Å². The number of benzene rings is 1. The van der Waals surface area contributed by atoms with Gasteiger partial charge in [0.1, 0.15) is 5.75 Å². The molecule has 0 aliphatic carbocycles. The summed E-state index contributed by atoms with van der Waals surface area (Å²) in [6.45, 7) is 8.00. The van der Waals surface area contributed by atoms with Crippen molar-refractivity contribution in [3.63, 3.8) is 0 Å². The molecule has 1 aromatic carbocycles. The van der Waals surface area contributed by atoms with Gasteiger partial charge in [0.05, 0.1) is 19.4 Å². The second kappa shape index (κ2) is 5.92. The first-order valence-corrected chi connectivity index (χ1v) is 5.92. The number of hydrogen-bond donors (Lipinski definition) is 1. The Balaban J connectivity index is 2.40. The number of nitrogen functional groups attached to an aromatic ring is 1. The van der Waals surface area contributed by atoms with E-state index in [0.717, 1.165) is 18.6 Å². The minimum absolute atomic E-state index is 0.318. The summed E-state index contributed by atoms with van der Waals surface area (Å²) in [6.07, 6.45) is 1.05. The molecule has 96 valence electrons. The van der Waals surface area contributed by atoms with Crippen LogP contribution in [-0.2, 0) is 11.3 Å². The van der Waals surface area contributed by atoms with Crippen LogP contribution in [0.2, 0.25) is 0 Å². The van der Waals surface area contributed by atoms with Crippen LogP contribution in [0.15, 0.2) is 18.2 Å². The molecule has 17 heavy (non-hydrogen) atoms. The predicted molar refractivity (Wildman–Crippen MR) is 71.1 cm³/mol. The van der Waals surface area contributed by atoms with E-state index in [9.17, 15) is 0 Å². The lowest BCUT2D eigenvalue weighted by atomic mass is 9.93. The first-order valence-electron chi connectivity index (χ1n) is 5.92. The Morgan fingerprint density at radius 2 is 1.94 bits per heavy atom. The Morgan fingerprint density at radius 3 is 2.47 bits per heavy atom. The number of methoxy groups -OCH3 is 1. The highest BCUT2D eigenvalue weighted by atomic mass is 16.5. The molecule has 0 saturated carbocycles. The molecular weight excluding hydrogens is 214 g/mol. The zero-order chi connectivity index (χ0) is 12.9. The van der Waals surface area contributed by atoms with Crippen LogP contribution in [0, 0.1) is 5.41 Å². The van der Waals surface area contributed by atoms with Gasteiger partial charge in [-0.15, -0.1) is 0 Å². The number of anilines is 1. The summed E-state index contributed by atoms with van der Waals surface area (Å²) in [6, 6.07) is 5.75. The highest BCUT2D eigenvalue weighted by Gasteiger charge is 2.09. The summed E-state index contributed by atoms with van der Waals surface area (Å²) in [5, 5.41) is 0. The molecule has 0 fully saturated rings. The SMILES string of the molecule is COc1ccc(COCCC(C)(C)C)cc1N. The maximum Gasteiger partial charge on any atom is 0.141 e. The fraction of sp³-hybridized carbons (Fsp3) is 0.571. The Bertz CT molecular complexity index is 356.